The van der Waals surface area contributed by atoms with Gasteiger partial charge in [-0.2, -0.15) is 9.98 Å². The van der Waals surface area contributed by atoms with Crippen LogP contribution in [0.3, 0.4) is 0 Å². The van der Waals surface area contributed by atoms with Crippen molar-refractivity contribution in [1.29, 1.82) is 0 Å². The fraction of sp³-hybridized carbons (Fsp3) is 0.214. The number of nitrogens with zero attached hydrogens (tertiary/aromatic N) is 4. The quantitative estimate of drug-likeness (QED) is 0.0318. The SMILES string of the molecule is O=C=Nc1ccc2c(c1)Cc1cc(NC(=O)OCCCNC(=O)NCc3ccc(NC(=O)Nc4ncnc(NC(=O)Nc5ccc(CNC(=O)NCCCO)cc5)n4)cc3)ccc1-2. The Labute approximate surface area is 360 Å². The van der Waals surface area contributed by atoms with Crippen molar-refractivity contribution >= 4 is 70.9 Å². The van der Waals surface area contributed by atoms with Gasteiger partial charge < -0.3 is 41.7 Å². The van der Waals surface area contributed by atoms with Gasteiger partial charge in [0.1, 0.15) is 6.33 Å². The molecule has 21 nitrogen and oxygen atoms in total. The van der Waals surface area contributed by atoms with Crippen LogP contribution in [0.2, 0.25) is 0 Å². The van der Waals surface area contributed by atoms with Crippen molar-refractivity contribution in [3.05, 3.63) is 114 Å². The molecule has 0 radical (unpaired) electrons. The molecule has 21 heteroatoms. The maximum absolute atomic E-state index is 12.6. The van der Waals surface area contributed by atoms with E-state index in [1.165, 1.54) is 0 Å². The third-order valence-corrected chi connectivity index (χ3v) is 9.10. The largest absolute Gasteiger partial charge is 0.449 e. The molecular formula is C42H43N13O8. The number of aliphatic hydroxyl groups excluding tert-OH is 1. The molecule has 0 saturated carbocycles. The van der Waals surface area contributed by atoms with E-state index in [2.05, 4.69) is 67.8 Å². The van der Waals surface area contributed by atoms with Crippen molar-refractivity contribution in [2.75, 3.05) is 52.9 Å². The topological polar surface area (TPSA) is 291 Å². The van der Waals surface area contributed by atoms with Crippen molar-refractivity contribution in [1.82, 2.24) is 36.2 Å². The van der Waals surface area contributed by atoms with Crippen LogP contribution in [0.1, 0.15) is 35.1 Å². The van der Waals surface area contributed by atoms with Crippen LogP contribution in [0.4, 0.5) is 58.6 Å². The van der Waals surface area contributed by atoms with E-state index in [4.69, 9.17) is 9.84 Å². The Kier molecular flexibility index (Phi) is 15.6. The Morgan fingerprint density at radius 2 is 1.16 bits per heavy atom. The number of aliphatic hydroxyl groups is 1. The fourth-order valence-electron chi connectivity index (χ4n) is 6.12. The van der Waals surface area contributed by atoms with Gasteiger partial charge in [0.25, 0.3) is 0 Å². The molecule has 0 bridgehead atoms. The van der Waals surface area contributed by atoms with Crippen LogP contribution in [-0.2, 0) is 29.0 Å². The minimum atomic E-state index is -0.654. The van der Waals surface area contributed by atoms with E-state index in [-0.39, 0.29) is 50.8 Å². The van der Waals surface area contributed by atoms with Gasteiger partial charge in [-0.3, -0.25) is 16.0 Å². The number of anilines is 5. The van der Waals surface area contributed by atoms with Gasteiger partial charge in [0.05, 0.1) is 12.3 Å². The maximum atomic E-state index is 12.6. The molecular weight excluding hydrogens is 815 g/mol. The first-order valence-corrected chi connectivity index (χ1v) is 19.6. The third kappa shape index (κ3) is 13.8. The normalized spacial score (nSPS) is 10.7. The number of rotatable bonds is 17. The highest BCUT2D eigenvalue weighted by molar-refractivity contribution is 6.00. The van der Waals surface area contributed by atoms with Crippen molar-refractivity contribution < 1.29 is 38.6 Å². The predicted molar refractivity (Wildman–Crippen MR) is 232 cm³/mol. The van der Waals surface area contributed by atoms with E-state index in [1.807, 2.05) is 24.3 Å². The number of benzene rings is 4. The van der Waals surface area contributed by atoms with E-state index >= 15 is 0 Å². The van der Waals surface area contributed by atoms with E-state index < -0.39 is 24.2 Å². The number of carbonyl (C=O) groups excluding carboxylic acids is 6. The summed E-state index contributed by atoms with van der Waals surface area (Å²) in [6.45, 7) is 1.18. The molecule has 0 saturated heterocycles. The molecule has 1 aliphatic rings. The van der Waals surface area contributed by atoms with Gasteiger partial charge in [0.15, 0.2) is 0 Å². The third-order valence-electron chi connectivity index (χ3n) is 9.10. The average molecular weight is 858 g/mol. The van der Waals surface area contributed by atoms with Gasteiger partial charge in [-0.15, -0.1) is 0 Å². The molecule has 0 aliphatic heterocycles. The zero-order valence-electron chi connectivity index (χ0n) is 33.6. The Bertz CT molecular complexity index is 2480. The summed E-state index contributed by atoms with van der Waals surface area (Å²) in [7, 11) is 0. The number of isocyanates is 1. The van der Waals surface area contributed by atoms with Crippen molar-refractivity contribution in [2.45, 2.75) is 32.4 Å². The number of urea groups is 4. The van der Waals surface area contributed by atoms with Crippen LogP contribution < -0.4 is 47.9 Å². The highest BCUT2D eigenvalue weighted by Crippen LogP contribution is 2.39. The first-order chi connectivity index (χ1) is 30.6. The van der Waals surface area contributed by atoms with Crippen molar-refractivity contribution in [2.24, 2.45) is 4.99 Å². The van der Waals surface area contributed by atoms with Gasteiger partial charge in [-0.25, -0.2) is 38.7 Å². The number of fused-ring (bicyclic) bond motifs is 3. The van der Waals surface area contributed by atoms with Crippen LogP contribution in [-0.4, -0.2) is 82.7 Å². The number of aliphatic imine (C=N–C) groups is 1. The molecule has 1 heterocycles. The lowest BCUT2D eigenvalue weighted by molar-refractivity contribution is 0.160. The summed E-state index contributed by atoms with van der Waals surface area (Å²) in [4.78, 5) is 87.8. The molecule has 0 atom stereocenters. The second-order valence-corrected chi connectivity index (χ2v) is 13.7. The number of nitrogens with one attached hydrogen (secondary N) is 9. The summed E-state index contributed by atoms with van der Waals surface area (Å²) in [6, 6.07) is 22.5. The summed E-state index contributed by atoms with van der Waals surface area (Å²) in [5, 5.41) is 32.5. The van der Waals surface area contributed by atoms with E-state index in [0.29, 0.717) is 48.6 Å². The Morgan fingerprint density at radius 1 is 0.619 bits per heavy atom. The maximum Gasteiger partial charge on any atom is 0.411 e. The van der Waals surface area contributed by atoms with Crippen molar-refractivity contribution in [3.8, 4) is 11.1 Å². The van der Waals surface area contributed by atoms with Crippen LogP contribution >= 0.6 is 0 Å². The van der Waals surface area contributed by atoms with E-state index in [1.54, 1.807) is 66.7 Å². The molecule has 5 aromatic rings. The highest BCUT2D eigenvalue weighted by Gasteiger charge is 2.20. The number of ether oxygens (including phenoxy) is 1. The van der Waals surface area contributed by atoms with E-state index in [9.17, 15) is 28.8 Å². The minimum Gasteiger partial charge on any atom is -0.449 e. The number of hydrogen-bond acceptors (Lipinski definition) is 12. The fourth-order valence-corrected chi connectivity index (χ4v) is 6.12. The molecule has 1 aliphatic carbocycles. The van der Waals surface area contributed by atoms with Crippen LogP contribution in [0.15, 0.2) is 96.2 Å². The van der Waals surface area contributed by atoms with Crippen LogP contribution in [0.5, 0.6) is 0 Å². The average Bonchev–Trinajstić information content (AvgIpc) is 3.63. The summed E-state index contributed by atoms with van der Waals surface area (Å²) in [6.07, 6.45) is 3.55. The molecule has 4 aromatic carbocycles. The van der Waals surface area contributed by atoms with Gasteiger partial charge in [-0.05, 0) is 101 Å². The first-order valence-electron chi connectivity index (χ1n) is 19.6. The molecule has 6 rings (SSSR count). The van der Waals surface area contributed by atoms with Crippen molar-refractivity contribution in [3.63, 3.8) is 0 Å². The smallest absolute Gasteiger partial charge is 0.411 e. The standard InChI is InChI=1S/C42H43N13O8/c56-17-1-15-43-38(58)45-22-26-3-7-30(8-4-26)50-40(60)54-36-47-24-48-37(53-36)55-41(61)51-31-9-5-27(6-10-31)23-46-39(59)44-16-2-18-63-42(62)52-33-12-14-35-29(21-33)19-28-20-32(49-25-57)11-13-34(28)35/h3-14,20-21,24,56H,1-2,15-19,22-23H2,(H,52,62)(H2,43,45,58)(H2,44,46,59)(H4,47,48,50,51,53,54,55,60,61). The first kappa shape index (κ1) is 44.1. The van der Waals surface area contributed by atoms with Crippen LogP contribution in [0, 0.1) is 0 Å². The van der Waals surface area contributed by atoms with E-state index in [0.717, 1.165) is 39.7 Å². The Hall–Kier alpha value is -8.42. The lowest BCUT2D eigenvalue weighted by atomic mass is 10.1. The zero-order chi connectivity index (χ0) is 44.4. The molecule has 0 fully saturated rings. The monoisotopic (exact) mass is 857 g/mol. The second-order valence-electron chi connectivity index (χ2n) is 13.7. The summed E-state index contributed by atoms with van der Waals surface area (Å²) >= 11 is 0. The predicted octanol–water partition coefficient (Wildman–Crippen LogP) is 5.32. The Balaban J connectivity index is 0.829. The summed E-state index contributed by atoms with van der Waals surface area (Å²) in [5.74, 6) is -0.240. The number of carbonyl (C=O) groups is 5. The summed E-state index contributed by atoms with van der Waals surface area (Å²) < 4.78 is 5.27. The molecule has 10 N–H and O–H groups in total. The number of amides is 9. The minimum absolute atomic E-state index is 0.0107. The molecule has 9 amide bonds. The van der Waals surface area contributed by atoms with Gasteiger partial charge >= 0.3 is 30.2 Å². The molecule has 324 valence electrons. The van der Waals surface area contributed by atoms with Gasteiger partial charge in [-0.1, -0.05) is 36.4 Å². The molecule has 1 aromatic heterocycles. The second kappa shape index (κ2) is 22.3. The zero-order valence-corrected chi connectivity index (χ0v) is 33.6. The molecule has 63 heavy (non-hydrogen) atoms. The highest BCUT2D eigenvalue weighted by atomic mass is 16.5. The van der Waals surface area contributed by atoms with Gasteiger partial charge in [0, 0.05) is 49.8 Å². The summed E-state index contributed by atoms with van der Waals surface area (Å²) in [5.41, 5.74) is 7.76. The molecule has 0 unspecified atom stereocenters. The number of hydrogen-bond donors (Lipinski definition) is 10. The lowest BCUT2D eigenvalue weighted by Crippen LogP contribution is -2.36. The lowest BCUT2D eigenvalue weighted by Gasteiger charge is -2.11. The van der Waals surface area contributed by atoms with Crippen LogP contribution in [0.25, 0.3) is 11.1 Å². The van der Waals surface area contributed by atoms with Gasteiger partial charge in [0.2, 0.25) is 18.0 Å². The Morgan fingerprint density at radius 3 is 1.73 bits per heavy atom. The number of aromatic nitrogens is 3. The molecule has 0 spiro atoms.